The van der Waals surface area contributed by atoms with Crippen molar-refractivity contribution in [3.05, 3.63) is 54.0 Å². The summed E-state index contributed by atoms with van der Waals surface area (Å²) in [5.41, 5.74) is 4.50. The second-order valence-electron chi connectivity index (χ2n) is 5.72. The molecule has 0 spiro atoms. The highest BCUT2D eigenvalue weighted by Crippen LogP contribution is 2.33. The molecule has 2 heterocycles. The quantitative estimate of drug-likeness (QED) is 0.765. The first-order valence-corrected chi connectivity index (χ1v) is 7.95. The van der Waals surface area contributed by atoms with Crippen molar-refractivity contribution >= 4 is 22.6 Å². The molecule has 0 fully saturated rings. The summed E-state index contributed by atoms with van der Waals surface area (Å²) >= 11 is 0. The fourth-order valence-corrected chi connectivity index (χ4v) is 2.78. The minimum atomic E-state index is -0.251. The standard InChI is InChI=1S/C19H20N4O/c1-4-21-19(24)23-18-9-16-15(14-7-8-20-10-13(14)3)6-5-12(2)17(16)11-22-18/h5-11H,4H2,1-3H3,(H2,21,22,23,24). The van der Waals surface area contributed by atoms with Gasteiger partial charge in [0.15, 0.2) is 0 Å². The SMILES string of the molecule is CCNC(=O)Nc1cc2c(-c3ccncc3C)ccc(C)c2cn1. The number of anilines is 1. The smallest absolute Gasteiger partial charge is 0.320 e. The topological polar surface area (TPSA) is 66.9 Å². The number of nitrogens with zero attached hydrogens (tertiary/aromatic N) is 2. The Labute approximate surface area is 141 Å². The van der Waals surface area contributed by atoms with E-state index in [-0.39, 0.29) is 6.03 Å². The molecular formula is C19H20N4O. The van der Waals surface area contributed by atoms with Crippen molar-refractivity contribution in [3.8, 4) is 11.1 Å². The van der Waals surface area contributed by atoms with E-state index in [2.05, 4.69) is 39.7 Å². The van der Waals surface area contributed by atoms with Crippen LogP contribution in [-0.2, 0) is 0 Å². The Hall–Kier alpha value is -2.95. The highest BCUT2D eigenvalue weighted by atomic mass is 16.2. The summed E-state index contributed by atoms with van der Waals surface area (Å²) in [6.45, 7) is 6.55. The van der Waals surface area contributed by atoms with Crippen molar-refractivity contribution in [1.29, 1.82) is 0 Å². The zero-order chi connectivity index (χ0) is 17.1. The van der Waals surface area contributed by atoms with E-state index in [1.165, 1.54) is 0 Å². The van der Waals surface area contributed by atoms with Gasteiger partial charge in [-0.05, 0) is 60.5 Å². The Balaban J connectivity index is 2.14. The van der Waals surface area contributed by atoms with Crippen LogP contribution in [0.1, 0.15) is 18.1 Å². The molecule has 1 aromatic carbocycles. The van der Waals surface area contributed by atoms with E-state index in [0.717, 1.165) is 33.0 Å². The molecule has 0 aliphatic carbocycles. The molecule has 0 saturated heterocycles. The summed E-state index contributed by atoms with van der Waals surface area (Å²) < 4.78 is 0. The Kier molecular flexibility index (Phi) is 4.42. The van der Waals surface area contributed by atoms with Crippen LogP contribution in [0.5, 0.6) is 0 Å². The van der Waals surface area contributed by atoms with Crippen LogP contribution in [0, 0.1) is 13.8 Å². The summed E-state index contributed by atoms with van der Waals surface area (Å²) in [7, 11) is 0. The molecule has 0 aliphatic heterocycles. The summed E-state index contributed by atoms with van der Waals surface area (Å²) in [4.78, 5) is 20.3. The van der Waals surface area contributed by atoms with E-state index >= 15 is 0 Å². The first-order chi connectivity index (χ1) is 11.6. The van der Waals surface area contributed by atoms with Crippen molar-refractivity contribution in [2.75, 3.05) is 11.9 Å². The number of aryl methyl sites for hydroxylation is 2. The monoisotopic (exact) mass is 320 g/mol. The van der Waals surface area contributed by atoms with E-state index < -0.39 is 0 Å². The summed E-state index contributed by atoms with van der Waals surface area (Å²) in [6.07, 6.45) is 5.46. The maximum absolute atomic E-state index is 11.8. The van der Waals surface area contributed by atoms with Gasteiger partial charge in [-0.1, -0.05) is 12.1 Å². The molecule has 2 N–H and O–H groups in total. The van der Waals surface area contributed by atoms with Gasteiger partial charge in [-0.2, -0.15) is 0 Å². The molecule has 24 heavy (non-hydrogen) atoms. The third kappa shape index (κ3) is 3.06. The fourth-order valence-electron chi connectivity index (χ4n) is 2.78. The van der Waals surface area contributed by atoms with Crippen molar-refractivity contribution < 1.29 is 4.79 Å². The predicted octanol–water partition coefficient (Wildman–Crippen LogP) is 4.06. The van der Waals surface area contributed by atoms with Crippen LogP contribution in [-0.4, -0.2) is 22.5 Å². The Bertz CT molecular complexity index is 905. The average Bonchev–Trinajstić information content (AvgIpc) is 2.56. The van der Waals surface area contributed by atoms with Crippen LogP contribution in [0.2, 0.25) is 0 Å². The van der Waals surface area contributed by atoms with Crippen molar-refractivity contribution in [1.82, 2.24) is 15.3 Å². The minimum absolute atomic E-state index is 0.251. The van der Waals surface area contributed by atoms with Gasteiger partial charge in [-0.25, -0.2) is 9.78 Å². The molecule has 2 amide bonds. The number of carbonyl (C=O) groups excluding carboxylic acids is 1. The lowest BCUT2D eigenvalue weighted by atomic mass is 9.95. The number of nitrogens with one attached hydrogen (secondary N) is 2. The van der Waals surface area contributed by atoms with Crippen LogP contribution in [0.3, 0.4) is 0 Å². The van der Waals surface area contributed by atoms with Crippen LogP contribution in [0.4, 0.5) is 10.6 Å². The normalized spacial score (nSPS) is 10.6. The number of carbonyl (C=O) groups is 1. The molecule has 5 nitrogen and oxygen atoms in total. The number of hydrogen-bond acceptors (Lipinski definition) is 3. The molecule has 0 radical (unpaired) electrons. The van der Waals surface area contributed by atoms with Crippen molar-refractivity contribution in [3.63, 3.8) is 0 Å². The zero-order valence-corrected chi connectivity index (χ0v) is 14.1. The van der Waals surface area contributed by atoms with Gasteiger partial charge in [-0.3, -0.25) is 10.3 Å². The second kappa shape index (κ2) is 6.66. The molecular weight excluding hydrogens is 300 g/mol. The number of fused-ring (bicyclic) bond motifs is 1. The lowest BCUT2D eigenvalue weighted by molar-refractivity contribution is 0.252. The van der Waals surface area contributed by atoms with Gasteiger partial charge in [0, 0.05) is 30.5 Å². The maximum Gasteiger partial charge on any atom is 0.320 e. The van der Waals surface area contributed by atoms with E-state index in [4.69, 9.17) is 0 Å². The Morgan fingerprint density at radius 3 is 2.62 bits per heavy atom. The zero-order valence-electron chi connectivity index (χ0n) is 14.1. The maximum atomic E-state index is 11.8. The van der Waals surface area contributed by atoms with Crippen molar-refractivity contribution in [2.45, 2.75) is 20.8 Å². The third-order valence-electron chi connectivity index (χ3n) is 4.01. The Morgan fingerprint density at radius 1 is 1.04 bits per heavy atom. The molecule has 0 bridgehead atoms. The fraction of sp³-hybridized carbons (Fsp3) is 0.211. The van der Waals surface area contributed by atoms with E-state index in [1.807, 2.05) is 38.4 Å². The molecule has 3 aromatic rings. The molecule has 0 saturated carbocycles. The number of aromatic nitrogens is 2. The predicted molar refractivity (Wildman–Crippen MR) is 97.1 cm³/mol. The molecule has 0 atom stereocenters. The molecule has 122 valence electrons. The highest BCUT2D eigenvalue weighted by molar-refractivity contribution is 6.01. The highest BCUT2D eigenvalue weighted by Gasteiger charge is 2.10. The van der Waals surface area contributed by atoms with Crippen molar-refractivity contribution in [2.24, 2.45) is 0 Å². The average molecular weight is 320 g/mol. The lowest BCUT2D eigenvalue weighted by Crippen LogP contribution is -2.28. The first-order valence-electron chi connectivity index (χ1n) is 7.95. The van der Waals surface area contributed by atoms with Crippen LogP contribution < -0.4 is 10.6 Å². The van der Waals surface area contributed by atoms with Gasteiger partial charge in [0.25, 0.3) is 0 Å². The van der Waals surface area contributed by atoms with Gasteiger partial charge in [0.2, 0.25) is 0 Å². The summed E-state index contributed by atoms with van der Waals surface area (Å²) in [5, 5.41) is 7.62. The molecule has 3 rings (SSSR count). The van der Waals surface area contributed by atoms with Gasteiger partial charge < -0.3 is 5.32 Å². The number of hydrogen-bond donors (Lipinski definition) is 2. The third-order valence-corrected chi connectivity index (χ3v) is 4.01. The largest absolute Gasteiger partial charge is 0.338 e. The number of urea groups is 1. The number of pyridine rings is 2. The summed E-state index contributed by atoms with van der Waals surface area (Å²) in [6, 6.07) is 7.88. The number of amides is 2. The second-order valence-corrected chi connectivity index (χ2v) is 5.72. The number of rotatable bonds is 3. The van der Waals surface area contributed by atoms with Gasteiger partial charge in [-0.15, -0.1) is 0 Å². The molecule has 0 aliphatic rings. The van der Waals surface area contributed by atoms with Gasteiger partial charge in [0.1, 0.15) is 5.82 Å². The van der Waals surface area contributed by atoms with Crippen LogP contribution in [0.15, 0.2) is 42.9 Å². The van der Waals surface area contributed by atoms with E-state index in [0.29, 0.717) is 12.4 Å². The molecule has 5 heteroatoms. The minimum Gasteiger partial charge on any atom is -0.338 e. The van der Waals surface area contributed by atoms with Crippen LogP contribution >= 0.6 is 0 Å². The molecule has 0 unspecified atom stereocenters. The van der Waals surface area contributed by atoms with E-state index in [1.54, 1.807) is 6.20 Å². The molecule has 2 aromatic heterocycles. The summed E-state index contributed by atoms with van der Waals surface area (Å²) in [5.74, 6) is 0.534. The van der Waals surface area contributed by atoms with Gasteiger partial charge in [0.05, 0.1) is 0 Å². The lowest BCUT2D eigenvalue weighted by Gasteiger charge is -2.13. The van der Waals surface area contributed by atoms with Crippen LogP contribution in [0.25, 0.3) is 21.9 Å². The Morgan fingerprint density at radius 2 is 1.88 bits per heavy atom. The number of benzene rings is 1. The van der Waals surface area contributed by atoms with Gasteiger partial charge >= 0.3 is 6.03 Å². The first kappa shape index (κ1) is 15.9. The van der Waals surface area contributed by atoms with E-state index in [9.17, 15) is 4.79 Å².